The van der Waals surface area contributed by atoms with Crippen LogP contribution in [0.2, 0.25) is 0 Å². The SMILES string of the molecule is CCCn1c(CC)c2ccccc2c1CC. The Morgan fingerprint density at radius 3 is 1.75 bits per heavy atom. The van der Waals surface area contributed by atoms with Crippen molar-refractivity contribution in [1.82, 2.24) is 4.57 Å². The molecule has 0 amide bonds. The van der Waals surface area contributed by atoms with Crippen molar-refractivity contribution in [2.45, 2.75) is 46.6 Å². The number of hydrogen-bond acceptors (Lipinski definition) is 0. The molecule has 0 fully saturated rings. The summed E-state index contributed by atoms with van der Waals surface area (Å²) in [5, 5.41) is 2.91. The van der Waals surface area contributed by atoms with Gasteiger partial charge in [0.1, 0.15) is 0 Å². The summed E-state index contributed by atoms with van der Waals surface area (Å²) in [7, 11) is 0. The third-order valence-electron chi connectivity index (χ3n) is 3.32. The zero-order valence-electron chi connectivity index (χ0n) is 10.6. The van der Waals surface area contributed by atoms with Crippen LogP contribution in [-0.2, 0) is 19.4 Å². The van der Waals surface area contributed by atoms with Gasteiger partial charge in [0.05, 0.1) is 0 Å². The fourth-order valence-electron chi connectivity index (χ4n) is 2.70. The van der Waals surface area contributed by atoms with Crippen molar-refractivity contribution in [3.05, 3.63) is 35.7 Å². The molecule has 0 spiro atoms. The largest absolute Gasteiger partial charge is 0.347 e. The Kier molecular flexibility index (Phi) is 3.33. The predicted molar refractivity (Wildman–Crippen MR) is 71.0 cm³/mol. The first-order valence-electron chi connectivity index (χ1n) is 6.42. The van der Waals surface area contributed by atoms with Gasteiger partial charge in [-0.15, -0.1) is 0 Å². The first-order chi connectivity index (χ1) is 7.83. The van der Waals surface area contributed by atoms with E-state index in [1.54, 1.807) is 0 Å². The van der Waals surface area contributed by atoms with Crippen LogP contribution in [0.1, 0.15) is 38.6 Å². The zero-order chi connectivity index (χ0) is 11.5. The van der Waals surface area contributed by atoms with Crippen molar-refractivity contribution in [3.8, 4) is 0 Å². The smallest absolute Gasteiger partial charge is 0.0253 e. The molecule has 0 bridgehead atoms. The van der Waals surface area contributed by atoms with Crippen LogP contribution in [0.15, 0.2) is 24.3 Å². The van der Waals surface area contributed by atoms with Gasteiger partial charge in [-0.25, -0.2) is 0 Å². The minimum absolute atomic E-state index is 1.13. The maximum atomic E-state index is 2.53. The van der Waals surface area contributed by atoms with Crippen molar-refractivity contribution in [3.63, 3.8) is 0 Å². The molecule has 1 heterocycles. The minimum Gasteiger partial charge on any atom is -0.347 e. The fraction of sp³-hybridized carbons (Fsp3) is 0.467. The molecule has 1 nitrogen and oxygen atoms in total. The van der Waals surface area contributed by atoms with Gasteiger partial charge in [-0.2, -0.15) is 0 Å². The minimum atomic E-state index is 1.13. The van der Waals surface area contributed by atoms with Crippen molar-refractivity contribution in [1.29, 1.82) is 0 Å². The molecule has 0 N–H and O–H groups in total. The van der Waals surface area contributed by atoms with Crippen LogP contribution >= 0.6 is 0 Å². The van der Waals surface area contributed by atoms with Gasteiger partial charge in [0, 0.05) is 28.7 Å². The molecule has 0 aliphatic carbocycles. The molecule has 2 aromatic rings. The summed E-state index contributed by atoms with van der Waals surface area (Å²) in [6.45, 7) is 7.92. The van der Waals surface area contributed by atoms with Gasteiger partial charge in [-0.3, -0.25) is 0 Å². The maximum absolute atomic E-state index is 2.53. The average molecular weight is 215 g/mol. The van der Waals surface area contributed by atoms with Gasteiger partial charge in [0.15, 0.2) is 0 Å². The lowest BCUT2D eigenvalue weighted by atomic mass is 10.1. The second kappa shape index (κ2) is 4.73. The summed E-state index contributed by atoms with van der Waals surface area (Å²) in [5.74, 6) is 0. The number of aromatic nitrogens is 1. The molecular weight excluding hydrogens is 194 g/mol. The molecule has 1 aromatic carbocycles. The standard InChI is InChI=1S/C15H21N/c1-4-11-16-14(5-2)12-9-7-8-10-13(12)15(16)6-3/h7-10H,4-6,11H2,1-3H3. The Balaban J connectivity index is 2.73. The second-order valence-electron chi connectivity index (χ2n) is 4.30. The normalized spacial score (nSPS) is 11.2. The molecule has 0 aliphatic heterocycles. The highest BCUT2D eigenvalue weighted by atomic mass is 15.0. The summed E-state index contributed by atoms with van der Waals surface area (Å²) in [5.41, 5.74) is 3.02. The quantitative estimate of drug-likeness (QED) is 0.721. The van der Waals surface area contributed by atoms with E-state index >= 15 is 0 Å². The molecule has 1 heteroatoms. The molecule has 16 heavy (non-hydrogen) atoms. The lowest BCUT2D eigenvalue weighted by Crippen LogP contribution is -2.05. The molecule has 2 rings (SSSR count). The van der Waals surface area contributed by atoms with Crippen LogP contribution < -0.4 is 0 Å². The second-order valence-corrected chi connectivity index (χ2v) is 4.30. The monoisotopic (exact) mass is 215 g/mol. The Morgan fingerprint density at radius 2 is 1.38 bits per heavy atom. The first-order valence-corrected chi connectivity index (χ1v) is 6.42. The third kappa shape index (κ3) is 1.64. The van der Waals surface area contributed by atoms with Gasteiger partial charge >= 0.3 is 0 Å². The predicted octanol–water partition coefficient (Wildman–Crippen LogP) is 4.18. The van der Waals surface area contributed by atoms with Crippen LogP contribution in [-0.4, -0.2) is 4.57 Å². The molecule has 0 radical (unpaired) electrons. The van der Waals surface area contributed by atoms with Gasteiger partial charge in [0.2, 0.25) is 0 Å². The number of nitrogens with zero attached hydrogens (tertiary/aromatic N) is 1. The highest BCUT2D eigenvalue weighted by Gasteiger charge is 2.12. The van der Waals surface area contributed by atoms with E-state index in [9.17, 15) is 0 Å². The molecule has 0 atom stereocenters. The topological polar surface area (TPSA) is 4.93 Å². The number of benzene rings is 1. The van der Waals surface area contributed by atoms with Crippen LogP contribution in [0.4, 0.5) is 0 Å². The fourth-order valence-corrected chi connectivity index (χ4v) is 2.70. The van der Waals surface area contributed by atoms with E-state index in [2.05, 4.69) is 49.6 Å². The molecule has 0 saturated carbocycles. The van der Waals surface area contributed by atoms with Gasteiger partial charge in [0.25, 0.3) is 0 Å². The van der Waals surface area contributed by atoms with Gasteiger partial charge < -0.3 is 4.57 Å². The summed E-state index contributed by atoms with van der Waals surface area (Å²) in [6, 6.07) is 8.83. The molecule has 86 valence electrons. The van der Waals surface area contributed by atoms with Gasteiger partial charge in [-0.1, -0.05) is 45.0 Å². The van der Waals surface area contributed by atoms with Crippen molar-refractivity contribution in [2.75, 3.05) is 0 Å². The van der Waals surface area contributed by atoms with E-state index in [4.69, 9.17) is 0 Å². The summed E-state index contributed by atoms with van der Waals surface area (Å²) in [4.78, 5) is 0. The number of aryl methyl sites for hydroxylation is 2. The number of fused-ring (bicyclic) bond motifs is 1. The molecule has 1 aromatic heterocycles. The van der Waals surface area contributed by atoms with Crippen molar-refractivity contribution < 1.29 is 0 Å². The third-order valence-corrected chi connectivity index (χ3v) is 3.32. The Labute approximate surface area is 98.1 Å². The van der Waals surface area contributed by atoms with Crippen LogP contribution in [0.25, 0.3) is 10.8 Å². The average Bonchev–Trinajstić information content (AvgIpc) is 2.62. The van der Waals surface area contributed by atoms with E-state index in [-0.39, 0.29) is 0 Å². The van der Waals surface area contributed by atoms with Crippen LogP contribution in [0.3, 0.4) is 0 Å². The Morgan fingerprint density at radius 1 is 0.875 bits per heavy atom. The van der Waals surface area contributed by atoms with E-state index in [1.807, 2.05) is 0 Å². The van der Waals surface area contributed by atoms with E-state index in [0.717, 1.165) is 19.4 Å². The first kappa shape index (κ1) is 11.3. The van der Waals surface area contributed by atoms with Crippen LogP contribution in [0, 0.1) is 0 Å². The summed E-state index contributed by atoms with van der Waals surface area (Å²) in [6.07, 6.45) is 3.46. The summed E-state index contributed by atoms with van der Waals surface area (Å²) < 4.78 is 2.53. The molecule has 0 saturated heterocycles. The highest BCUT2D eigenvalue weighted by molar-refractivity contribution is 5.88. The van der Waals surface area contributed by atoms with E-state index in [1.165, 1.54) is 28.6 Å². The number of rotatable bonds is 4. The number of hydrogen-bond donors (Lipinski definition) is 0. The lowest BCUT2D eigenvalue weighted by Gasteiger charge is -2.10. The molecular formula is C15H21N. The van der Waals surface area contributed by atoms with E-state index < -0.39 is 0 Å². The van der Waals surface area contributed by atoms with Crippen LogP contribution in [0.5, 0.6) is 0 Å². The Hall–Kier alpha value is -1.24. The molecule has 0 aliphatic rings. The van der Waals surface area contributed by atoms with Crippen molar-refractivity contribution in [2.24, 2.45) is 0 Å². The zero-order valence-corrected chi connectivity index (χ0v) is 10.6. The highest BCUT2D eigenvalue weighted by Crippen LogP contribution is 2.27. The van der Waals surface area contributed by atoms with Crippen molar-refractivity contribution >= 4 is 10.8 Å². The lowest BCUT2D eigenvalue weighted by molar-refractivity contribution is 0.629. The maximum Gasteiger partial charge on any atom is 0.0253 e. The Bertz CT molecular complexity index is 438. The summed E-state index contributed by atoms with van der Waals surface area (Å²) >= 11 is 0. The molecule has 0 unspecified atom stereocenters. The van der Waals surface area contributed by atoms with Gasteiger partial charge in [-0.05, 0) is 19.3 Å². The van der Waals surface area contributed by atoms with E-state index in [0.29, 0.717) is 0 Å².